The molecule has 0 radical (unpaired) electrons. The highest BCUT2D eigenvalue weighted by Crippen LogP contribution is 2.29. The van der Waals surface area contributed by atoms with Gasteiger partial charge in [-0.2, -0.15) is 0 Å². The Kier molecular flexibility index (Phi) is 5.78. The summed E-state index contributed by atoms with van der Waals surface area (Å²) in [5, 5.41) is 3.23. The third-order valence-electron chi connectivity index (χ3n) is 5.81. The van der Waals surface area contributed by atoms with E-state index in [1.807, 2.05) is 0 Å². The van der Waals surface area contributed by atoms with Crippen molar-refractivity contribution < 1.29 is 14.0 Å². The molecule has 1 saturated carbocycles. The molecule has 1 aromatic heterocycles. The van der Waals surface area contributed by atoms with Crippen molar-refractivity contribution in [3.05, 3.63) is 24.2 Å². The van der Waals surface area contributed by atoms with Crippen LogP contribution in [-0.2, 0) is 4.79 Å². The first-order valence-corrected chi connectivity index (χ1v) is 9.39. The number of furan rings is 1. The Hall–Kier alpha value is -1.82. The normalized spacial score (nSPS) is 27.9. The van der Waals surface area contributed by atoms with Gasteiger partial charge in [0, 0.05) is 32.2 Å². The lowest BCUT2D eigenvalue weighted by atomic mass is 9.78. The Bertz CT molecular complexity index is 579. The molecule has 3 rings (SSSR count). The lowest BCUT2D eigenvalue weighted by Gasteiger charge is -2.36. The molecule has 3 unspecified atom stereocenters. The van der Waals surface area contributed by atoms with Crippen LogP contribution in [0.25, 0.3) is 0 Å². The molecule has 0 spiro atoms. The van der Waals surface area contributed by atoms with E-state index in [0.717, 1.165) is 19.5 Å². The lowest BCUT2D eigenvalue weighted by molar-refractivity contribution is -0.124. The number of hydrogen-bond acceptors (Lipinski definition) is 4. The fourth-order valence-corrected chi connectivity index (χ4v) is 3.91. The Labute approximate surface area is 149 Å². The summed E-state index contributed by atoms with van der Waals surface area (Å²) in [6.45, 7) is 7.63. The van der Waals surface area contributed by atoms with Gasteiger partial charge in [-0.1, -0.05) is 26.7 Å². The average molecular weight is 347 g/mol. The third-order valence-corrected chi connectivity index (χ3v) is 5.81. The molecule has 1 aromatic rings. The molecule has 1 N–H and O–H groups in total. The van der Waals surface area contributed by atoms with Crippen LogP contribution < -0.4 is 5.32 Å². The molecule has 0 bridgehead atoms. The highest BCUT2D eigenvalue weighted by Gasteiger charge is 2.29. The van der Waals surface area contributed by atoms with Gasteiger partial charge < -0.3 is 14.6 Å². The first-order chi connectivity index (χ1) is 12.0. The van der Waals surface area contributed by atoms with Crippen LogP contribution >= 0.6 is 0 Å². The first kappa shape index (κ1) is 18.0. The summed E-state index contributed by atoms with van der Waals surface area (Å²) in [6, 6.07) is 3.72. The van der Waals surface area contributed by atoms with Crippen LogP contribution in [0.3, 0.4) is 0 Å². The van der Waals surface area contributed by atoms with E-state index in [1.54, 1.807) is 17.0 Å². The maximum atomic E-state index is 12.4. The number of hydrogen-bond donors (Lipinski definition) is 1. The van der Waals surface area contributed by atoms with Gasteiger partial charge in [-0.3, -0.25) is 14.5 Å². The molecule has 3 atom stereocenters. The van der Waals surface area contributed by atoms with E-state index < -0.39 is 0 Å². The smallest absolute Gasteiger partial charge is 0.289 e. The summed E-state index contributed by atoms with van der Waals surface area (Å²) in [5.74, 6) is 1.64. The second kappa shape index (κ2) is 8.04. The summed E-state index contributed by atoms with van der Waals surface area (Å²) in [5.41, 5.74) is 0. The summed E-state index contributed by atoms with van der Waals surface area (Å²) in [6.07, 6.45) is 5.06. The minimum absolute atomic E-state index is 0.0703. The predicted octanol–water partition coefficient (Wildman–Crippen LogP) is 1.98. The zero-order valence-corrected chi connectivity index (χ0v) is 15.2. The molecule has 6 nitrogen and oxygen atoms in total. The minimum atomic E-state index is -0.0703. The van der Waals surface area contributed by atoms with E-state index in [-0.39, 0.29) is 11.8 Å². The number of carbonyl (C=O) groups is 2. The van der Waals surface area contributed by atoms with Gasteiger partial charge in [0.15, 0.2) is 5.76 Å². The number of rotatable bonds is 4. The fourth-order valence-electron chi connectivity index (χ4n) is 3.91. The van der Waals surface area contributed by atoms with Crippen LogP contribution in [0.5, 0.6) is 0 Å². The van der Waals surface area contributed by atoms with Gasteiger partial charge in [0.1, 0.15) is 0 Å². The molecule has 1 saturated heterocycles. The zero-order valence-electron chi connectivity index (χ0n) is 15.2. The molecule has 1 aliphatic carbocycles. The first-order valence-electron chi connectivity index (χ1n) is 9.39. The van der Waals surface area contributed by atoms with Gasteiger partial charge in [0.2, 0.25) is 5.91 Å². The molecule has 1 aliphatic heterocycles. The van der Waals surface area contributed by atoms with Crippen LogP contribution in [0, 0.1) is 11.8 Å². The zero-order chi connectivity index (χ0) is 17.8. The maximum absolute atomic E-state index is 12.4. The summed E-state index contributed by atoms with van der Waals surface area (Å²) in [7, 11) is 0. The topological polar surface area (TPSA) is 65.8 Å². The van der Waals surface area contributed by atoms with Crippen LogP contribution in [0.4, 0.5) is 0 Å². The number of carbonyl (C=O) groups excluding carboxylic acids is 2. The Morgan fingerprint density at radius 2 is 1.96 bits per heavy atom. The van der Waals surface area contributed by atoms with Crippen molar-refractivity contribution in [2.24, 2.45) is 11.8 Å². The van der Waals surface area contributed by atoms with Gasteiger partial charge >= 0.3 is 0 Å². The largest absolute Gasteiger partial charge is 0.459 e. The predicted molar refractivity (Wildman–Crippen MR) is 95.2 cm³/mol. The van der Waals surface area contributed by atoms with Crippen molar-refractivity contribution in [3.63, 3.8) is 0 Å². The van der Waals surface area contributed by atoms with Gasteiger partial charge in [0.05, 0.1) is 12.8 Å². The summed E-state index contributed by atoms with van der Waals surface area (Å²) in [4.78, 5) is 28.6. The Morgan fingerprint density at radius 3 is 2.64 bits per heavy atom. The van der Waals surface area contributed by atoms with Crippen molar-refractivity contribution >= 4 is 11.8 Å². The van der Waals surface area contributed by atoms with E-state index in [4.69, 9.17) is 4.42 Å². The third kappa shape index (κ3) is 4.42. The SMILES string of the molecule is CC1CCCC(NC(=O)CN2CCN(C(=O)c3ccco3)CC2)C1C. The number of piperazine rings is 1. The maximum Gasteiger partial charge on any atom is 0.289 e. The molecule has 2 heterocycles. The van der Waals surface area contributed by atoms with Crippen LogP contribution in [0.1, 0.15) is 43.7 Å². The Morgan fingerprint density at radius 1 is 1.20 bits per heavy atom. The van der Waals surface area contributed by atoms with Gasteiger partial charge in [-0.05, 0) is 30.4 Å². The second-order valence-electron chi connectivity index (χ2n) is 7.49. The lowest BCUT2D eigenvalue weighted by Crippen LogP contribution is -2.53. The van der Waals surface area contributed by atoms with E-state index in [0.29, 0.717) is 43.3 Å². The van der Waals surface area contributed by atoms with E-state index in [2.05, 4.69) is 24.1 Å². The molecule has 2 amide bonds. The van der Waals surface area contributed by atoms with Gasteiger partial charge in [0.25, 0.3) is 5.91 Å². The molecule has 2 fully saturated rings. The van der Waals surface area contributed by atoms with Crippen molar-refractivity contribution in [1.82, 2.24) is 15.1 Å². The van der Waals surface area contributed by atoms with Crippen molar-refractivity contribution in [3.8, 4) is 0 Å². The second-order valence-corrected chi connectivity index (χ2v) is 7.49. The highest BCUT2D eigenvalue weighted by atomic mass is 16.3. The molecule has 0 aromatic carbocycles. The van der Waals surface area contributed by atoms with E-state index in [9.17, 15) is 9.59 Å². The monoisotopic (exact) mass is 347 g/mol. The van der Waals surface area contributed by atoms with E-state index in [1.165, 1.54) is 19.1 Å². The highest BCUT2D eigenvalue weighted by molar-refractivity contribution is 5.91. The number of nitrogens with zero attached hydrogens (tertiary/aromatic N) is 2. The summed E-state index contributed by atoms with van der Waals surface area (Å²) < 4.78 is 5.17. The number of nitrogens with one attached hydrogen (secondary N) is 1. The van der Waals surface area contributed by atoms with Gasteiger partial charge in [-0.25, -0.2) is 0 Å². The molecular weight excluding hydrogens is 318 g/mol. The van der Waals surface area contributed by atoms with Gasteiger partial charge in [-0.15, -0.1) is 0 Å². The average Bonchev–Trinajstić information content (AvgIpc) is 3.13. The molecular formula is C19H29N3O3. The standard InChI is InChI=1S/C19H29N3O3/c1-14-5-3-6-16(15(14)2)20-18(23)13-21-8-10-22(11-9-21)19(24)17-7-4-12-25-17/h4,7,12,14-16H,3,5-6,8-11,13H2,1-2H3,(H,20,23). The molecule has 138 valence electrons. The van der Waals surface area contributed by atoms with Crippen molar-refractivity contribution in [2.75, 3.05) is 32.7 Å². The molecule has 2 aliphatic rings. The Balaban J connectivity index is 1.42. The van der Waals surface area contributed by atoms with E-state index >= 15 is 0 Å². The fraction of sp³-hybridized carbons (Fsp3) is 0.684. The van der Waals surface area contributed by atoms with Crippen LogP contribution in [0.15, 0.2) is 22.8 Å². The van der Waals surface area contributed by atoms with Crippen LogP contribution in [-0.4, -0.2) is 60.4 Å². The molecule has 25 heavy (non-hydrogen) atoms. The summed E-state index contributed by atoms with van der Waals surface area (Å²) >= 11 is 0. The molecule has 6 heteroatoms. The van der Waals surface area contributed by atoms with Crippen LogP contribution in [0.2, 0.25) is 0 Å². The minimum Gasteiger partial charge on any atom is -0.459 e. The quantitative estimate of drug-likeness (QED) is 0.904. The number of amides is 2. The van der Waals surface area contributed by atoms with Crippen molar-refractivity contribution in [1.29, 1.82) is 0 Å². The van der Waals surface area contributed by atoms with Crippen molar-refractivity contribution in [2.45, 2.75) is 39.2 Å².